The summed E-state index contributed by atoms with van der Waals surface area (Å²) >= 11 is 3.44. The molecule has 1 heterocycles. The van der Waals surface area contributed by atoms with Gasteiger partial charge in [0.15, 0.2) is 11.5 Å². The van der Waals surface area contributed by atoms with Crippen molar-refractivity contribution in [2.45, 2.75) is 18.9 Å². The quantitative estimate of drug-likeness (QED) is 0.708. The molecule has 0 saturated heterocycles. The number of hydrogen-bond acceptors (Lipinski definition) is 4. The first-order chi connectivity index (χ1) is 10.3. The van der Waals surface area contributed by atoms with Gasteiger partial charge in [-0.1, -0.05) is 28.1 Å². The molecule has 0 aliphatic carbocycles. The zero-order chi connectivity index (χ0) is 15.1. The van der Waals surface area contributed by atoms with Gasteiger partial charge in [-0.05, 0) is 30.7 Å². The Balaban J connectivity index is 2.11. The van der Waals surface area contributed by atoms with E-state index in [9.17, 15) is 0 Å². The molecule has 0 radical (unpaired) electrons. The lowest BCUT2D eigenvalue weighted by Gasteiger charge is -2.13. The molecule has 0 saturated carbocycles. The van der Waals surface area contributed by atoms with E-state index in [1.54, 1.807) is 13.2 Å². The van der Waals surface area contributed by atoms with E-state index >= 15 is 0 Å². The van der Waals surface area contributed by atoms with Crippen LogP contribution in [0.25, 0.3) is 0 Å². The Morgan fingerprint density at radius 3 is 2.67 bits per heavy atom. The number of alkyl halides is 1. The summed E-state index contributed by atoms with van der Waals surface area (Å²) in [5, 5.41) is 0.783. The molecule has 4 nitrogen and oxygen atoms in total. The number of nitrogens with zero attached hydrogens (tertiary/aromatic N) is 1. The maximum atomic E-state index is 5.82. The molecule has 0 spiro atoms. The molecule has 2 rings (SSSR count). The minimum absolute atomic E-state index is 0.366. The Morgan fingerprint density at radius 1 is 1.10 bits per heavy atom. The van der Waals surface area contributed by atoms with Crippen molar-refractivity contribution in [1.82, 2.24) is 4.98 Å². The van der Waals surface area contributed by atoms with Crippen LogP contribution >= 0.6 is 15.9 Å². The number of ether oxygens (including phenoxy) is 3. The third-order valence-corrected chi connectivity index (χ3v) is 3.48. The molecule has 2 aromatic rings. The predicted molar refractivity (Wildman–Crippen MR) is 85.4 cm³/mol. The number of halogens is 1. The van der Waals surface area contributed by atoms with Crippen molar-refractivity contribution in [3.63, 3.8) is 0 Å². The second-order valence-corrected chi connectivity index (χ2v) is 4.87. The van der Waals surface area contributed by atoms with E-state index in [0.717, 1.165) is 22.3 Å². The molecule has 5 heteroatoms. The maximum absolute atomic E-state index is 5.82. The lowest BCUT2D eigenvalue weighted by atomic mass is 10.2. The van der Waals surface area contributed by atoms with E-state index in [1.807, 2.05) is 37.3 Å². The molecule has 1 aromatic carbocycles. The van der Waals surface area contributed by atoms with Crippen LogP contribution in [0.1, 0.15) is 18.2 Å². The van der Waals surface area contributed by atoms with Crippen molar-refractivity contribution < 1.29 is 14.2 Å². The van der Waals surface area contributed by atoms with Crippen LogP contribution in [0.5, 0.6) is 17.4 Å². The normalized spacial score (nSPS) is 10.2. The van der Waals surface area contributed by atoms with Gasteiger partial charge in [-0.3, -0.25) is 0 Å². The van der Waals surface area contributed by atoms with Crippen LogP contribution in [-0.2, 0) is 11.9 Å². The summed E-state index contributed by atoms with van der Waals surface area (Å²) in [5.74, 6) is 2.04. The van der Waals surface area contributed by atoms with Crippen molar-refractivity contribution in [3.8, 4) is 17.4 Å². The molecule has 1 aromatic heterocycles. The molecule has 0 aliphatic heterocycles. The highest BCUT2D eigenvalue weighted by atomic mass is 79.9. The van der Waals surface area contributed by atoms with Gasteiger partial charge < -0.3 is 14.2 Å². The fraction of sp³-hybridized carbons (Fsp3) is 0.312. The highest BCUT2D eigenvalue weighted by Crippen LogP contribution is 2.30. The second-order valence-electron chi connectivity index (χ2n) is 4.31. The highest BCUT2D eigenvalue weighted by Gasteiger charge is 2.07. The third-order valence-electron chi connectivity index (χ3n) is 2.83. The van der Waals surface area contributed by atoms with Gasteiger partial charge in [0.1, 0.15) is 6.61 Å². The summed E-state index contributed by atoms with van der Waals surface area (Å²) in [6, 6.07) is 11.5. The largest absolute Gasteiger partial charge is 0.490 e. The molecule has 21 heavy (non-hydrogen) atoms. The first-order valence-electron chi connectivity index (χ1n) is 6.71. The van der Waals surface area contributed by atoms with E-state index in [-0.39, 0.29) is 0 Å². The van der Waals surface area contributed by atoms with Gasteiger partial charge in [-0.2, -0.15) is 0 Å². The Kier molecular flexibility index (Phi) is 5.87. The zero-order valence-corrected chi connectivity index (χ0v) is 13.7. The summed E-state index contributed by atoms with van der Waals surface area (Å²) in [5.41, 5.74) is 1.95. The molecular weight excluding hydrogens is 334 g/mol. The van der Waals surface area contributed by atoms with Crippen molar-refractivity contribution in [1.29, 1.82) is 0 Å². The maximum Gasteiger partial charge on any atom is 0.213 e. The van der Waals surface area contributed by atoms with Crippen LogP contribution in [0.15, 0.2) is 36.4 Å². The summed E-state index contributed by atoms with van der Waals surface area (Å²) in [6.45, 7) is 2.92. The van der Waals surface area contributed by atoms with Crippen LogP contribution in [0.2, 0.25) is 0 Å². The van der Waals surface area contributed by atoms with Crippen LogP contribution in [-0.4, -0.2) is 18.7 Å². The van der Waals surface area contributed by atoms with Gasteiger partial charge in [0.25, 0.3) is 0 Å². The smallest absolute Gasteiger partial charge is 0.213 e. The molecule has 0 aliphatic rings. The Labute approximate surface area is 133 Å². The molecule has 0 N–H and O–H groups in total. The summed E-state index contributed by atoms with van der Waals surface area (Å²) in [4.78, 5) is 4.32. The van der Waals surface area contributed by atoms with E-state index in [1.165, 1.54) is 0 Å². The van der Waals surface area contributed by atoms with Gasteiger partial charge in [-0.25, -0.2) is 4.98 Å². The first-order valence-corrected chi connectivity index (χ1v) is 7.83. The summed E-state index contributed by atoms with van der Waals surface area (Å²) in [6.07, 6.45) is 0. The number of aromatic nitrogens is 1. The SMILES string of the molecule is CCOc1cc(CBr)ccc1OCc1cccc(OC)n1. The second kappa shape index (κ2) is 7.88. The van der Waals surface area contributed by atoms with Crippen molar-refractivity contribution in [3.05, 3.63) is 47.7 Å². The van der Waals surface area contributed by atoms with Gasteiger partial charge in [-0.15, -0.1) is 0 Å². The van der Waals surface area contributed by atoms with E-state index in [0.29, 0.717) is 24.8 Å². The van der Waals surface area contributed by atoms with Gasteiger partial charge in [0, 0.05) is 11.4 Å². The van der Waals surface area contributed by atoms with Crippen LogP contribution < -0.4 is 14.2 Å². The zero-order valence-electron chi connectivity index (χ0n) is 12.1. The Morgan fingerprint density at radius 2 is 1.95 bits per heavy atom. The standard InChI is InChI=1S/C16H18BrNO3/c1-3-20-15-9-12(10-17)7-8-14(15)21-11-13-5-4-6-16(18-13)19-2/h4-9H,3,10-11H2,1-2H3. The van der Waals surface area contributed by atoms with Crippen LogP contribution in [0, 0.1) is 0 Å². The minimum Gasteiger partial charge on any atom is -0.490 e. The van der Waals surface area contributed by atoms with Crippen molar-refractivity contribution >= 4 is 15.9 Å². The van der Waals surface area contributed by atoms with Gasteiger partial charge in [0.05, 0.1) is 19.4 Å². The lowest BCUT2D eigenvalue weighted by molar-refractivity contribution is 0.265. The van der Waals surface area contributed by atoms with Crippen LogP contribution in [0.3, 0.4) is 0 Å². The summed E-state index contributed by atoms with van der Waals surface area (Å²) in [7, 11) is 1.60. The average Bonchev–Trinajstić information content (AvgIpc) is 2.54. The molecule has 0 atom stereocenters. The monoisotopic (exact) mass is 351 g/mol. The number of rotatable bonds is 7. The average molecular weight is 352 g/mol. The van der Waals surface area contributed by atoms with E-state index < -0.39 is 0 Å². The Bertz CT molecular complexity index is 589. The molecule has 0 bridgehead atoms. The molecule has 0 unspecified atom stereocenters. The van der Waals surface area contributed by atoms with Crippen molar-refractivity contribution in [2.24, 2.45) is 0 Å². The first kappa shape index (κ1) is 15.6. The van der Waals surface area contributed by atoms with Crippen LogP contribution in [0.4, 0.5) is 0 Å². The predicted octanol–water partition coefficient (Wildman–Crippen LogP) is 3.96. The van der Waals surface area contributed by atoms with E-state index in [2.05, 4.69) is 20.9 Å². The van der Waals surface area contributed by atoms with Gasteiger partial charge >= 0.3 is 0 Å². The molecule has 112 valence electrons. The lowest BCUT2D eigenvalue weighted by Crippen LogP contribution is -2.02. The van der Waals surface area contributed by atoms with Crippen molar-refractivity contribution in [2.75, 3.05) is 13.7 Å². The number of hydrogen-bond donors (Lipinski definition) is 0. The molecule has 0 fully saturated rings. The highest BCUT2D eigenvalue weighted by molar-refractivity contribution is 9.08. The Hall–Kier alpha value is -1.75. The minimum atomic E-state index is 0.366. The fourth-order valence-electron chi connectivity index (χ4n) is 1.83. The summed E-state index contributed by atoms with van der Waals surface area (Å²) < 4.78 is 16.5. The topological polar surface area (TPSA) is 40.6 Å². The van der Waals surface area contributed by atoms with Gasteiger partial charge in [0.2, 0.25) is 5.88 Å². The van der Waals surface area contributed by atoms with E-state index in [4.69, 9.17) is 14.2 Å². The third kappa shape index (κ3) is 4.36. The number of methoxy groups -OCH3 is 1. The fourth-order valence-corrected chi connectivity index (χ4v) is 2.18. The number of benzene rings is 1. The number of pyridine rings is 1. The molecule has 0 amide bonds. The molecular formula is C16H18BrNO3.